The minimum Gasteiger partial charge on any atom is -0.399 e. The lowest BCUT2D eigenvalue weighted by Crippen LogP contribution is -2.16. The number of carbonyl (C=O) groups is 1. The SMILES string of the molecule is NC(=O)c1sc2ccc(N)cc2c1C(F)(F)F. The summed E-state index contributed by atoms with van der Waals surface area (Å²) < 4.78 is 38.9. The van der Waals surface area contributed by atoms with Crippen LogP contribution in [0.15, 0.2) is 18.2 Å². The zero-order valence-corrected chi connectivity index (χ0v) is 9.15. The van der Waals surface area contributed by atoms with Gasteiger partial charge in [-0.3, -0.25) is 4.79 Å². The van der Waals surface area contributed by atoms with Gasteiger partial charge in [0.25, 0.3) is 5.91 Å². The molecule has 4 N–H and O–H groups in total. The highest BCUT2D eigenvalue weighted by atomic mass is 32.1. The van der Waals surface area contributed by atoms with Gasteiger partial charge in [0.1, 0.15) is 4.88 Å². The maximum atomic E-state index is 12.9. The molecule has 0 aliphatic rings. The van der Waals surface area contributed by atoms with Crippen LogP contribution < -0.4 is 11.5 Å². The molecule has 2 aromatic rings. The van der Waals surface area contributed by atoms with E-state index in [-0.39, 0.29) is 11.1 Å². The number of hydrogen-bond acceptors (Lipinski definition) is 3. The topological polar surface area (TPSA) is 69.1 Å². The van der Waals surface area contributed by atoms with Gasteiger partial charge in [0.2, 0.25) is 0 Å². The molecule has 0 unspecified atom stereocenters. The van der Waals surface area contributed by atoms with Crippen LogP contribution in [-0.2, 0) is 6.18 Å². The molecule has 3 nitrogen and oxygen atoms in total. The van der Waals surface area contributed by atoms with E-state index in [9.17, 15) is 18.0 Å². The van der Waals surface area contributed by atoms with Crippen molar-refractivity contribution in [2.45, 2.75) is 6.18 Å². The summed E-state index contributed by atoms with van der Waals surface area (Å²) in [6.45, 7) is 0. The zero-order valence-electron chi connectivity index (χ0n) is 8.34. The number of nitrogens with two attached hydrogens (primary N) is 2. The molecule has 0 atom stereocenters. The zero-order chi connectivity index (χ0) is 12.8. The summed E-state index contributed by atoms with van der Waals surface area (Å²) in [5, 5.41) is -0.0868. The molecule has 7 heteroatoms. The fourth-order valence-corrected chi connectivity index (χ4v) is 2.63. The Labute approximate surface area is 97.8 Å². The van der Waals surface area contributed by atoms with Crippen LogP contribution in [0.3, 0.4) is 0 Å². The maximum absolute atomic E-state index is 12.9. The van der Waals surface area contributed by atoms with Crippen LogP contribution in [0.2, 0.25) is 0 Å². The lowest BCUT2D eigenvalue weighted by molar-refractivity contribution is -0.136. The van der Waals surface area contributed by atoms with Gasteiger partial charge in [0.15, 0.2) is 0 Å². The number of rotatable bonds is 1. The quantitative estimate of drug-likeness (QED) is 0.774. The Kier molecular flexibility index (Phi) is 2.50. The Balaban J connectivity index is 2.87. The number of anilines is 1. The first-order chi connectivity index (χ1) is 7.80. The fourth-order valence-electron chi connectivity index (χ4n) is 1.57. The second kappa shape index (κ2) is 3.63. The predicted molar refractivity (Wildman–Crippen MR) is 59.8 cm³/mol. The van der Waals surface area contributed by atoms with Gasteiger partial charge < -0.3 is 11.5 Å². The molecular formula is C10H7F3N2OS. The molecule has 0 radical (unpaired) electrons. The van der Waals surface area contributed by atoms with Crippen LogP contribution in [0.1, 0.15) is 15.2 Å². The van der Waals surface area contributed by atoms with Crippen molar-refractivity contribution in [1.29, 1.82) is 0 Å². The van der Waals surface area contributed by atoms with Gasteiger partial charge in [-0.2, -0.15) is 13.2 Å². The first kappa shape index (κ1) is 11.7. The van der Waals surface area contributed by atoms with Gasteiger partial charge in [-0.15, -0.1) is 11.3 Å². The van der Waals surface area contributed by atoms with Crippen molar-refractivity contribution < 1.29 is 18.0 Å². The number of nitrogen functional groups attached to an aromatic ring is 1. The molecule has 2 rings (SSSR count). The summed E-state index contributed by atoms with van der Waals surface area (Å²) in [5.41, 5.74) is 9.60. The lowest BCUT2D eigenvalue weighted by atomic mass is 10.1. The Bertz CT molecular complexity index is 603. The van der Waals surface area contributed by atoms with E-state index in [2.05, 4.69) is 0 Å². The summed E-state index contributed by atoms with van der Waals surface area (Å²) in [5.74, 6) is -1.09. The number of benzene rings is 1. The Morgan fingerprint density at radius 3 is 2.47 bits per heavy atom. The van der Waals surface area contributed by atoms with E-state index < -0.39 is 22.5 Å². The number of primary amides is 1. The summed E-state index contributed by atoms with van der Waals surface area (Å²) in [4.78, 5) is 10.5. The molecule has 0 spiro atoms. The minimum absolute atomic E-state index is 0.0868. The number of alkyl halides is 3. The molecule has 0 aliphatic heterocycles. The highest BCUT2D eigenvalue weighted by molar-refractivity contribution is 7.21. The number of fused-ring (bicyclic) bond motifs is 1. The van der Waals surface area contributed by atoms with Crippen molar-refractivity contribution in [2.75, 3.05) is 5.73 Å². The van der Waals surface area contributed by atoms with Crippen molar-refractivity contribution >= 4 is 33.0 Å². The Hall–Kier alpha value is -1.76. The van der Waals surface area contributed by atoms with Crippen LogP contribution >= 0.6 is 11.3 Å². The summed E-state index contributed by atoms with van der Waals surface area (Å²) in [6.07, 6.45) is -4.63. The molecule has 0 bridgehead atoms. The molecule has 1 aromatic carbocycles. The van der Waals surface area contributed by atoms with Crippen molar-refractivity contribution in [3.63, 3.8) is 0 Å². The third kappa shape index (κ3) is 1.93. The van der Waals surface area contributed by atoms with E-state index >= 15 is 0 Å². The molecule has 90 valence electrons. The molecular weight excluding hydrogens is 253 g/mol. The second-order valence-corrected chi connectivity index (χ2v) is 4.48. The van der Waals surface area contributed by atoms with Crippen LogP contribution in [0, 0.1) is 0 Å². The first-order valence-corrected chi connectivity index (χ1v) is 5.31. The van der Waals surface area contributed by atoms with Gasteiger partial charge in [-0.1, -0.05) is 0 Å². The average Bonchev–Trinajstić information content (AvgIpc) is 2.55. The fraction of sp³-hybridized carbons (Fsp3) is 0.100. The molecule has 1 heterocycles. The van der Waals surface area contributed by atoms with E-state index in [1.165, 1.54) is 18.2 Å². The third-order valence-corrected chi connectivity index (χ3v) is 3.40. The van der Waals surface area contributed by atoms with E-state index in [1.54, 1.807) is 0 Å². The van der Waals surface area contributed by atoms with E-state index in [4.69, 9.17) is 11.5 Å². The second-order valence-electron chi connectivity index (χ2n) is 3.42. The summed E-state index contributed by atoms with van der Waals surface area (Å²) in [6, 6.07) is 4.11. The van der Waals surface area contributed by atoms with Gasteiger partial charge >= 0.3 is 6.18 Å². The highest BCUT2D eigenvalue weighted by Gasteiger charge is 2.38. The van der Waals surface area contributed by atoms with Crippen molar-refractivity contribution in [1.82, 2.24) is 0 Å². The van der Waals surface area contributed by atoms with Gasteiger partial charge in [-0.05, 0) is 18.2 Å². The van der Waals surface area contributed by atoms with Crippen LogP contribution in [0.5, 0.6) is 0 Å². The molecule has 1 aromatic heterocycles. The molecule has 0 fully saturated rings. The van der Waals surface area contributed by atoms with E-state index in [1.807, 2.05) is 0 Å². The first-order valence-electron chi connectivity index (χ1n) is 4.49. The average molecular weight is 260 g/mol. The van der Waals surface area contributed by atoms with Crippen molar-refractivity contribution in [3.8, 4) is 0 Å². The minimum atomic E-state index is -4.63. The molecule has 0 saturated heterocycles. The summed E-state index contributed by atoms with van der Waals surface area (Å²) in [7, 11) is 0. The number of hydrogen-bond donors (Lipinski definition) is 2. The number of thiophene rings is 1. The number of halogens is 3. The van der Waals surface area contributed by atoms with E-state index in [0.29, 0.717) is 4.70 Å². The summed E-state index contributed by atoms with van der Waals surface area (Å²) >= 11 is 0.717. The predicted octanol–water partition coefficient (Wildman–Crippen LogP) is 2.60. The Morgan fingerprint density at radius 2 is 1.94 bits per heavy atom. The third-order valence-electron chi connectivity index (χ3n) is 2.22. The van der Waals surface area contributed by atoms with E-state index in [0.717, 1.165) is 11.3 Å². The highest BCUT2D eigenvalue weighted by Crippen LogP contribution is 2.42. The normalized spacial score (nSPS) is 11.9. The molecule has 1 amide bonds. The van der Waals surface area contributed by atoms with Crippen molar-refractivity contribution in [3.05, 3.63) is 28.6 Å². The maximum Gasteiger partial charge on any atom is 0.418 e. The number of amides is 1. The standard InChI is InChI=1S/C10H7F3N2OS/c11-10(12,13)7-5-3-4(14)1-2-6(5)17-8(7)9(15)16/h1-3H,14H2,(H2,15,16). The Morgan fingerprint density at radius 1 is 1.29 bits per heavy atom. The van der Waals surface area contributed by atoms with Gasteiger partial charge in [0.05, 0.1) is 5.56 Å². The van der Waals surface area contributed by atoms with Crippen LogP contribution in [0.4, 0.5) is 18.9 Å². The lowest BCUT2D eigenvalue weighted by Gasteiger charge is -2.07. The van der Waals surface area contributed by atoms with Crippen LogP contribution in [-0.4, -0.2) is 5.91 Å². The number of carbonyl (C=O) groups excluding carboxylic acids is 1. The molecule has 0 saturated carbocycles. The molecule has 17 heavy (non-hydrogen) atoms. The van der Waals surface area contributed by atoms with Crippen LogP contribution in [0.25, 0.3) is 10.1 Å². The molecule has 0 aliphatic carbocycles. The van der Waals surface area contributed by atoms with Crippen molar-refractivity contribution in [2.24, 2.45) is 5.73 Å². The monoisotopic (exact) mass is 260 g/mol. The van der Waals surface area contributed by atoms with Gasteiger partial charge in [-0.25, -0.2) is 0 Å². The van der Waals surface area contributed by atoms with Gasteiger partial charge in [0, 0.05) is 15.8 Å². The smallest absolute Gasteiger partial charge is 0.399 e. The largest absolute Gasteiger partial charge is 0.418 e.